The van der Waals surface area contributed by atoms with E-state index >= 15 is 0 Å². The van der Waals surface area contributed by atoms with Crippen molar-refractivity contribution in [3.05, 3.63) is 77.7 Å². The first-order valence-corrected chi connectivity index (χ1v) is 9.05. The monoisotopic (exact) mass is 377 g/mol. The third kappa shape index (κ3) is 3.90. The summed E-state index contributed by atoms with van der Waals surface area (Å²) in [5.74, 6) is 0.568. The van der Waals surface area contributed by atoms with Crippen molar-refractivity contribution in [2.24, 2.45) is 0 Å². The molecule has 1 fully saturated rings. The van der Waals surface area contributed by atoms with Gasteiger partial charge >= 0.3 is 0 Å². The molecule has 8 heteroatoms. The lowest BCUT2D eigenvalue weighted by Gasteiger charge is -2.22. The van der Waals surface area contributed by atoms with Crippen LogP contribution in [0.4, 0.5) is 0 Å². The summed E-state index contributed by atoms with van der Waals surface area (Å²) in [6, 6.07) is 12.9. The number of amides is 2. The van der Waals surface area contributed by atoms with Crippen LogP contribution >= 0.6 is 0 Å². The Morgan fingerprint density at radius 2 is 2.07 bits per heavy atom. The molecule has 3 heterocycles. The predicted octanol–water partition coefficient (Wildman–Crippen LogP) is 2.26. The maximum absolute atomic E-state index is 12.3. The van der Waals surface area contributed by atoms with Crippen molar-refractivity contribution in [1.82, 2.24) is 25.3 Å². The molecule has 1 aromatic carbocycles. The van der Waals surface area contributed by atoms with Gasteiger partial charge in [0.1, 0.15) is 6.04 Å². The van der Waals surface area contributed by atoms with Crippen molar-refractivity contribution in [3.8, 4) is 0 Å². The lowest BCUT2D eigenvalue weighted by molar-refractivity contribution is -0.130. The van der Waals surface area contributed by atoms with Gasteiger partial charge < -0.3 is 14.7 Å². The Bertz CT molecular complexity index is 958. The Morgan fingerprint density at radius 3 is 2.86 bits per heavy atom. The molecule has 0 aliphatic carbocycles. The number of carbonyl (C=O) groups excluding carboxylic acids is 2. The van der Waals surface area contributed by atoms with Crippen LogP contribution in [-0.2, 0) is 17.9 Å². The standard InChI is InChI=1S/C20H19N5O3/c26-18-9-8-16(25(18)13-14-5-2-1-3-6-14)20-23-17(24-28-20)12-22-19(27)15-7-4-10-21-11-15/h1-7,10-11,16H,8-9,12-13H2,(H,22,27)/t16-/m0/s1. The van der Waals surface area contributed by atoms with Gasteiger partial charge in [-0.3, -0.25) is 14.6 Å². The van der Waals surface area contributed by atoms with E-state index in [4.69, 9.17) is 4.52 Å². The maximum Gasteiger partial charge on any atom is 0.253 e. The van der Waals surface area contributed by atoms with Crippen molar-refractivity contribution in [2.75, 3.05) is 0 Å². The molecule has 1 N–H and O–H groups in total. The van der Waals surface area contributed by atoms with Gasteiger partial charge in [0.25, 0.3) is 5.91 Å². The summed E-state index contributed by atoms with van der Waals surface area (Å²) in [5.41, 5.74) is 1.51. The van der Waals surface area contributed by atoms with E-state index in [1.165, 1.54) is 6.20 Å². The summed E-state index contributed by atoms with van der Waals surface area (Å²) in [6.07, 6.45) is 4.18. The molecule has 2 aromatic heterocycles. The molecule has 0 radical (unpaired) electrons. The number of benzene rings is 1. The summed E-state index contributed by atoms with van der Waals surface area (Å²) in [5, 5.41) is 6.67. The van der Waals surface area contributed by atoms with Gasteiger partial charge in [-0.05, 0) is 24.1 Å². The van der Waals surface area contributed by atoms with E-state index < -0.39 is 0 Å². The molecule has 28 heavy (non-hydrogen) atoms. The van der Waals surface area contributed by atoms with Gasteiger partial charge in [0.2, 0.25) is 11.8 Å². The molecule has 8 nitrogen and oxygen atoms in total. The Balaban J connectivity index is 1.41. The SMILES string of the molecule is O=C(NCc1noc([C@@H]2CCC(=O)N2Cc2ccccc2)n1)c1cccnc1. The predicted molar refractivity (Wildman–Crippen MR) is 98.7 cm³/mol. The molecule has 0 bridgehead atoms. The van der Waals surface area contributed by atoms with Crippen LogP contribution < -0.4 is 5.32 Å². The molecule has 1 aliphatic heterocycles. The van der Waals surface area contributed by atoms with Gasteiger partial charge in [0.05, 0.1) is 12.1 Å². The summed E-state index contributed by atoms with van der Waals surface area (Å²) in [6.45, 7) is 0.635. The molecular formula is C20H19N5O3. The number of nitrogens with one attached hydrogen (secondary N) is 1. The number of rotatable bonds is 6. The van der Waals surface area contributed by atoms with Crippen LogP contribution in [0.5, 0.6) is 0 Å². The minimum absolute atomic E-state index is 0.0680. The first-order valence-electron chi connectivity index (χ1n) is 9.05. The number of aromatic nitrogens is 3. The second kappa shape index (κ2) is 7.99. The van der Waals surface area contributed by atoms with Crippen LogP contribution in [0.1, 0.15) is 46.5 Å². The van der Waals surface area contributed by atoms with Crippen molar-refractivity contribution in [1.29, 1.82) is 0 Å². The average Bonchev–Trinajstić information content (AvgIpc) is 3.35. The average molecular weight is 377 g/mol. The highest BCUT2D eigenvalue weighted by Gasteiger charge is 2.35. The zero-order valence-electron chi connectivity index (χ0n) is 15.1. The zero-order chi connectivity index (χ0) is 19.3. The van der Waals surface area contributed by atoms with E-state index in [2.05, 4.69) is 20.4 Å². The van der Waals surface area contributed by atoms with Crippen molar-refractivity contribution in [3.63, 3.8) is 0 Å². The van der Waals surface area contributed by atoms with Crippen molar-refractivity contribution in [2.45, 2.75) is 32.0 Å². The lowest BCUT2D eigenvalue weighted by atomic mass is 10.2. The first kappa shape index (κ1) is 17.8. The quantitative estimate of drug-likeness (QED) is 0.707. The minimum atomic E-state index is -0.263. The van der Waals surface area contributed by atoms with Crippen LogP contribution in [0, 0.1) is 0 Å². The smallest absolute Gasteiger partial charge is 0.253 e. The van der Waals surface area contributed by atoms with E-state index in [-0.39, 0.29) is 24.4 Å². The van der Waals surface area contributed by atoms with Crippen LogP contribution in [0.3, 0.4) is 0 Å². The van der Waals surface area contributed by atoms with E-state index in [0.717, 1.165) is 5.56 Å². The van der Waals surface area contributed by atoms with Gasteiger partial charge in [0, 0.05) is 25.4 Å². The first-order chi connectivity index (χ1) is 13.7. The molecule has 0 saturated carbocycles. The van der Waals surface area contributed by atoms with E-state index in [9.17, 15) is 9.59 Å². The Morgan fingerprint density at radius 1 is 1.21 bits per heavy atom. The number of pyridine rings is 1. The van der Waals surface area contributed by atoms with Gasteiger partial charge in [-0.2, -0.15) is 4.98 Å². The molecule has 1 atom stereocenters. The third-order valence-electron chi connectivity index (χ3n) is 4.62. The second-order valence-corrected chi connectivity index (χ2v) is 6.53. The molecule has 0 spiro atoms. The van der Waals surface area contributed by atoms with Crippen molar-refractivity contribution >= 4 is 11.8 Å². The van der Waals surface area contributed by atoms with Crippen LogP contribution in [0.2, 0.25) is 0 Å². The number of likely N-dealkylation sites (tertiary alicyclic amines) is 1. The highest BCUT2D eigenvalue weighted by Crippen LogP contribution is 2.33. The Hall–Kier alpha value is -3.55. The zero-order valence-corrected chi connectivity index (χ0v) is 15.1. The minimum Gasteiger partial charge on any atom is -0.345 e. The fraction of sp³-hybridized carbons (Fsp3) is 0.250. The number of carbonyl (C=O) groups is 2. The normalized spacial score (nSPS) is 16.4. The van der Waals surface area contributed by atoms with Gasteiger partial charge in [0.15, 0.2) is 5.82 Å². The molecule has 142 valence electrons. The fourth-order valence-electron chi connectivity index (χ4n) is 3.20. The largest absolute Gasteiger partial charge is 0.345 e. The Kier molecular flexibility index (Phi) is 5.09. The van der Waals surface area contributed by atoms with E-state index in [1.807, 2.05) is 30.3 Å². The summed E-state index contributed by atoms with van der Waals surface area (Å²) >= 11 is 0. The van der Waals surface area contributed by atoms with E-state index in [1.54, 1.807) is 23.2 Å². The highest BCUT2D eigenvalue weighted by atomic mass is 16.5. The number of hydrogen-bond acceptors (Lipinski definition) is 6. The highest BCUT2D eigenvalue weighted by molar-refractivity contribution is 5.93. The second-order valence-electron chi connectivity index (χ2n) is 6.53. The molecule has 1 saturated heterocycles. The van der Waals surface area contributed by atoms with Crippen LogP contribution in [-0.4, -0.2) is 31.8 Å². The summed E-state index contributed by atoms with van der Waals surface area (Å²) in [7, 11) is 0. The molecule has 3 aromatic rings. The molecule has 4 rings (SSSR count). The van der Waals surface area contributed by atoms with E-state index in [0.29, 0.717) is 36.7 Å². The Labute approximate surface area is 161 Å². The molecule has 2 amide bonds. The van der Waals surface area contributed by atoms with Gasteiger partial charge in [-0.1, -0.05) is 35.5 Å². The lowest BCUT2D eigenvalue weighted by Crippen LogP contribution is -2.27. The fourth-order valence-corrected chi connectivity index (χ4v) is 3.20. The molecular weight excluding hydrogens is 358 g/mol. The molecule has 0 unspecified atom stereocenters. The topological polar surface area (TPSA) is 101 Å². The van der Waals surface area contributed by atoms with Gasteiger partial charge in [-0.15, -0.1) is 0 Å². The maximum atomic E-state index is 12.3. The molecule has 1 aliphatic rings. The number of hydrogen-bond donors (Lipinski definition) is 1. The van der Waals surface area contributed by atoms with Gasteiger partial charge in [-0.25, -0.2) is 0 Å². The van der Waals surface area contributed by atoms with Crippen LogP contribution in [0.25, 0.3) is 0 Å². The van der Waals surface area contributed by atoms with Crippen LogP contribution in [0.15, 0.2) is 59.4 Å². The number of nitrogens with zero attached hydrogens (tertiary/aromatic N) is 4. The van der Waals surface area contributed by atoms with Crippen molar-refractivity contribution < 1.29 is 14.1 Å². The summed E-state index contributed by atoms with van der Waals surface area (Å²) in [4.78, 5) is 34.5. The summed E-state index contributed by atoms with van der Waals surface area (Å²) < 4.78 is 5.38. The third-order valence-corrected chi connectivity index (χ3v) is 4.62.